The molecule has 0 N–H and O–H groups in total. The van der Waals surface area contributed by atoms with Crippen LogP contribution >= 0.6 is 11.3 Å². The van der Waals surface area contributed by atoms with Crippen molar-refractivity contribution in [3.8, 4) is 5.75 Å². The van der Waals surface area contributed by atoms with E-state index in [1.165, 1.54) is 17.4 Å². The highest BCUT2D eigenvalue weighted by Gasteiger charge is 2.33. The fraction of sp³-hybridized carbons (Fsp3) is 0.286. The molecule has 2 aromatic rings. The predicted molar refractivity (Wildman–Crippen MR) is 74.4 cm³/mol. The third-order valence-corrected chi connectivity index (χ3v) is 3.90. The van der Waals surface area contributed by atoms with Gasteiger partial charge in [0.15, 0.2) is 0 Å². The van der Waals surface area contributed by atoms with E-state index in [2.05, 4.69) is 0 Å². The summed E-state index contributed by atoms with van der Waals surface area (Å²) < 4.78 is 10.5. The summed E-state index contributed by atoms with van der Waals surface area (Å²) in [6, 6.07) is 6.66. The number of aryl methyl sites for hydroxylation is 1. The van der Waals surface area contributed by atoms with Crippen molar-refractivity contribution in [1.82, 2.24) is 4.90 Å². The maximum Gasteiger partial charge on any atom is 0.339 e. The zero-order valence-corrected chi connectivity index (χ0v) is 11.7. The van der Waals surface area contributed by atoms with E-state index in [9.17, 15) is 9.59 Å². The molecule has 2 aromatic heterocycles. The molecule has 1 saturated heterocycles. The quantitative estimate of drug-likeness (QED) is 0.866. The van der Waals surface area contributed by atoms with Crippen LogP contribution in [-0.2, 0) is 0 Å². The summed E-state index contributed by atoms with van der Waals surface area (Å²) in [4.78, 5) is 25.7. The van der Waals surface area contributed by atoms with E-state index >= 15 is 0 Å². The highest BCUT2D eigenvalue weighted by molar-refractivity contribution is 7.12. The number of likely N-dealkylation sites (tertiary alicyclic amines) is 1. The topological polar surface area (TPSA) is 59.8 Å². The van der Waals surface area contributed by atoms with E-state index in [0.29, 0.717) is 24.6 Å². The van der Waals surface area contributed by atoms with E-state index in [0.717, 1.165) is 4.88 Å². The van der Waals surface area contributed by atoms with Crippen LogP contribution in [0.5, 0.6) is 5.75 Å². The van der Waals surface area contributed by atoms with E-state index in [-0.39, 0.29) is 12.0 Å². The molecule has 20 heavy (non-hydrogen) atoms. The second-order valence-corrected chi connectivity index (χ2v) is 5.60. The molecule has 0 bridgehead atoms. The van der Waals surface area contributed by atoms with Crippen LogP contribution in [0.1, 0.15) is 15.4 Å². The number of thiophene rings is 1. The Bertz CT molecular complexity index is 671. The van der Waals surface area contributed by atoms with Crippen molar-refractivity contribution >= 4 is 17.2 Å². The molecule has 5 nitrogen and oxygen atoms in total. The van der Waals surface area contributed by atoms with E-state index in [1.807, 2.05) is 17.5 Å². The van der Waals surface area contributed by atoms with Crippen LogP contribution in [0.25, 0.3) is 0 Å². The minimum Gasteiger partial charge on any atom is -0.486 e. The first-order valence-corrected chi connectivity index (χ1v) is 7.11. The fourth-order valence-electron chi connectivity index (χ4n) is 2.07. The van der Waals surface area contributed by atoms with Gasteiger partial charge in [-0.2, -0.15) is 0 Å². The van der Waals surface area contributed by atoms with Gasteiger partial charge in [-0.3, -0.25) is 4.79 Å². The highest BCUT2D eigenvalue weighted by atomic mass is 32.1. The number of amides is 1. The highest BCUT2D eigenvalue weighted by Crippen LogP contribution is 2.21. The van der Waals surface area contributed by atoms with Gasteiger partial charge in [0.25, 0.3) is 5.91 Å². The lowest BCUT2D eigenvalue weighted by Gasteiger charge is -2.38. The van der Waals surface area contributed by atoms with Crippen LogP contribution in [-0.4, -0.2) is 30.0 Å². The monoisotopic (exact) mass is 291 g/mol. The van der Waals surface area contributed by atoms with Crippen LogP contribution in [0.2, 0.25) is 0 Å². The summed E-state index contributed by atoms with van der Waals surface area (Å²) in [5.41, 5.74) is -0.425. The van der Waals surface area contributed by atoms with Gasteiger partial charge in [0.2, 0.25) is 0 Å². The summed E-state index contributed by atoms with van der Waals surface area (Å²) in [6.07, 6.45) is -0.0693. The number of carbonyl (C=O) groups excluding carboxylic acids is 1. The summed E-state index contributed by atoms with van der Waals surface area (Å²) in [5.74, 6) is 1.04. The molecule has 0 radical (unpaired) electrons. The van der Waals surface area contributed by atoms with Crippen molar-refractivity contribution in [3.63, 3.8) is 0 Å². The fourth-order valence-corrected chi connectivity index (χ4v) is 2.76. The lowest BCUT2D eigenvalue weighted by molar-refractivity contribution is 0.0178. The Morgan fingerprint density at radius 1 is 1.45 bits per heavy atom. The first kappa shape index (κ1) is 12.9. The normalized spacial score (nSPS) is 14.9. The summed E-state index contributed by atoms with van der Waals surface area (Å²) in [6.45, 7) is 2.77. The van der Waals surface area contributed by atoms with Crippen LogP contribution in [0, 0.1) is 6.92 Å². The third-order valence-electron chi connectivity index (χ3n) is 3.04. The Labute approximate surface area is 119 Å². The minimum absolute atomic E-state index is 0.0311. The molecule has 0 atom stereocenters. The average molecular weight is 291 g/mol. The van der Waals surface area contributed by atoms with Gasteiger partial charge in [0.05, 0.1) is 24.0 Å². The molecule has 6 heteroatoms. The van der Waals surface area contributed by atoms with Gasteiger partial charge in [-0.15, -0.1) is 11.3 Å². The number of hydrogen-bond acceptors (Lipinski definition) is 5. The van der Waals surface area contributed by atoms with Crippen molar-refractivity contribution < 1.29 is 13.9 Å². The molecule has 1 fully saturated rings. The molecular weight excluding hydrogens is 278 g/mol. The van der Waals surface area contributed by atoms with Gasteiger partial charge in [-0.05, 0) is 18.4 Å². The van der Waals surface area contributed by atoms with Gasteiger partial charge >= 0.3 is 5.63 Å². The second-order valence-electron chi connectivity index (χ2n) is 4.65. The minimum atomic E-state index is -0.425. The van der Waals surface area contributed by atoms with E-state index in [4.69, 9.17) is 9.15 Å². The van der Waals surface area contributed by atoms with Gasteiger partial charge < -0.3 is 14.1 Å². The van der Waals surface area contributed by atoms with Crippen molar-refractivity contribution in [2.24, 2.45) is 0 Å². The smallest absolute Gasteiger partial charge is 0.339 e. The summed E-state index contributed by atoms with van der Waals surface area (Å²) in [5, 5.41) is 1.88. The largest absolute Gasteiger partial charge is 0.486 e. The molecule has 3 heterocycles. The lowest BCUT2D eigenvalue weighted by Crippen LogP contribution is -2.56. The average Bonchev–Trinajstić information content (AvgIpc) is 2.85. The van der Waals surface area contributed by atoms with Crippen molar-refractivity contribution in [2.75, 3.05) is 13.1 Å². The van der Waals surface area contributed by atoms with Gasteiger partial charge in [0.1, 0.15) is 17.6 Å². The van der Waals surface area contributed by atoms with Crippen LogP contribution in [0.15, 0.2) is 38.9 Å². The Balaban J connectivity index is 1.58. The zero-order chi connectivity index (χ0) is 14.1. The molecule has 1 aliphatic heterocycles. The second kappa shape index (κ2) is 5.13. The zero-order valence-electron chi connectivity index (χ0n) is 10.9. The Hall–Kier alpha value is -2.08. The molecular formula is C14H13NO4S. The summed E-state index contributed by atoms with van der Waals surface area (Å²) >= 11 is 1.43. The van der Waals surface area contributed by atoms with Crippen molar-refractivity contribution in [3.05, 3.63) is 50.7 Å². The van der Waals surface area contributed by atoms with Crippen LogP contribution in [0.4, 0.5) is 0 Å². The Kier molecular flexibility index (Phi) is 3.31. The number of rotatable bonds is 3. The summed E-state index contributed by atoms with van der Waals surface area (Å²) in [7, 11) is 0. The predicted octanol–water partition coefficient (Wildman–Crippen LogP) is 1.91. The maximum atomic E-state index is 12.0. The van der Waals surface area contributed by atoms with Gasteiger partial charge in [0, 0.05) is 6.07 Å². The molecule has 3 rings (SSSR count). The van der Waals surface area contributed by atoms with Crippen molar-refractivity contribution in [2.45, 2.75) is 13.0 Å². The third kappa shape index (κ3) is 2.60. The number of carbonyl (C=O) groups is 1. The van der Waals surface area contributed by atoms with Gasteiger partial charge in [-0.25, -0.2) is 4.79 Å². The molecule has 0 spiro atoms. The first-order chi connectivity index (χ1) is 9.61. The van der Waals surface area contributed by atoms with E-state index < -0.39 is 5.63 Å². The SMILES string of the molecule is Cc1cc(OC2CN(C(=O)c3cccs3)C2)cc(=O)o1. The molecule has 0 unspecified atom stereocenters. The van der Waals surface area contributed by atoms with Crippen LogP contribution < -0.4 is 10.4 Å². The lowest BCUT2D eigenvalue weighted by atomic mass is 10.1. The van der Waals surface area contributed by atoms with Crippen LogP contribution in [0.3, 0.4) is 0 Å². The first-order valence-electron chi connectivity index (χ1n) is 6.23. The molecule has 1 amide bonds. The molecule has 1 aliphatic rings. The molecule has 0 aromatic carbocycles. The number of nitrogens with zero attached hydrogens (tertiary/aromatic N) is 1. The maximum absolute atomic E-state index is 12.0. The number of ether oxygens (including phenoxy) is 1. The molecule has 0 aliphatic carbocycles. The standard InChI is InChI=1S/C14H13NO4S/c1-9-5-10(6-13(16)18-9)19-11-7-15(8-11)14(17)12-3-2-4-20-12/h2-6,11H,7-8H2,1H3. The van der Waals surface area contributed by atoms with Crippen molar-refractivity contribution in [1.29, 1.82) is 0 Å². The number of hydrogen-bond donors (Lipinski definition) is 0. The van der Waals surface area contributed by atoms with E-state index in [1.54, 1.807) is 17.9 Å². The molecule has 104 valence electrons. The Morgan fingerprint density at radius 3 is 2.90 bits per heavy atom. The molecule has 0 saturated carbocycles. The Morgan fingerprint density at radius 2 is 2.25 bits per heavy atom. The van der Waals surface area contributed by atoms with Gasteiger partial charge in [-0.1, -0.05) is 6.07 Å².